The fourth-order valence-corrected chi connectivity index (χ4v) is 8.53. The van der Waals surface area contributed by atoms with Crippen molar-refractivity contribution in [3.05, 3.63) is 48.0 Å². The average Bonchev–Trinajstić information content (AvgIpc) is 3.33. The van der Waals surface area contributed by atoms with Crippen molar-refractivity contribution in [2.24, 2.45) is 28.1 Å². The topological polar surface area (TPSA) is 65.7 Å². The maximum atomic E-state index is 12.5. The molecule has 3 aliphatic carbocycles. The van der Waals surface area contributed by atoms with E-state index in [1.807, 2.05) is 20.1 Å². The molecule has 0 saturated heterocycles. The zero-order chi connectivity index (χ0) is 23.8. The lowest BCUT2D eigenvalue weighted by atomic mass is 9.40. The molecule has 0 radical (unpaired) electrons. The quantitative estimate of drug-likeness (QED) is 0.409. The van der Waals surface area contributed by atoms with Crippen LogP contribution in [0.15, 0.2) is 46.8 Å². The Labute approximate surface area is 196 Å². The third-order valence-electron chi connectivity index (χ3n) is 9.85. The Bertz CT molecular complexity index is 1030. The summed E-state index contributed by atoms with van der Waals surface area (Å²) >= 11 is 0. The zero-order valence-corrected chi connectivity index (χ0v) is 20.6. The predicted molar refractivity (Wildman–Crippen MR) is 124 cm³/mol. The van der Waals surface area contributed by atoms with Crippen molar-refractivity contribution in [2.45, 2.75) is 84.8 Å². The SMILES string of the molecule is CC(=O)O[C@@H]1C[C@@H]2C(C)(C)OC(=O)C=C[C@]2(C)[C@H]2CC[C@]3(C)C(=CC[C@H]3c3ccoc3)[C@@]21C. The van der Waals surface area contributed by atoms with E-state index in [4.69, 9.17) is 13.9 Å². The Hall–Kier alpha value is -2.30. The molecule has 7 atom stereocenters. The first-order chi connectivity index (χ1) is 15.4. The fraction of sp³-hybridized carbons (Fsp3) is 0.643. The minimum Gasteiger partial charge on any atom is -0.472 e. The van der Waals surface area contributed by atoms with Gasteiger partial charge in [0.15, 0.2) is 0 Å². The Morgan fingerprint density at radius 1 is 1.15 bits per heavy atom. The third-order valence-corrected chi connectivity index (χ3v) is 9.85. The number of ether oxygens (including phenoxy) is 2. The van der Waals surface area contributed by atoms with Crippen molar-refractivity contribution in [2.75, 3.05) is 0 Å². The van der Waals surface area contributed by atoms with Crippen LogP contribution in [0.1, 0.15) is 78.7 Å². The predicted octanol–water partition coefficient (Wildman–Crippen LogP) is 5.97. The van der Waals surface area contributed by atoms with Crippen LogP contribution >= 0.6 is 0 Å². The molecule has 2 heterocycles. The van der Waals surface area contributed by atoms with E-state index in [1.165, 1.54) is 18.1 Å². The van der Waals surface area contributed by atoms with E-state index in [0.29, 0.717) is 12.3 Å². The summed E-state index contributed by atoms with van der Waals surface area (Å²) in [7, 11) is 0. The van der Waals surface area contributed by atoms with Crippen LogP contribution in [0.3, 0.4) is 0 Å². The molecule has 0 aromatic carbocycles. The summed E-state index contributed by atoms with van der Waals surface area (Å²) in [6.45, 7) is 12.5. The van der Waals surface area contributed by atoms with Gasteiger partial charge in [0.1, 0.15) is 11.7 Å². The number of furan rings is 1. The van der Waals surface area contributed by atoms with Gasteiger partial charge in [-0.25, -0.2) is 4.79 Å². The number of hydrogen-bond acceptors (Lipinski definition) is 5. The molecule has 0 amide bonds. The molecule has 33 heavy (non-hydrogen) atoms. The van der Waals surface area contributed by atoms with Gasteiger partial charge in [-0.3, -0.25) is 4.79 Å². The monoisotopic (exact) mass is 452 g/mol. The van der Waals surface area contributed by atoms with Gasteiger partial charge in [-0.15, -0.1) is 0 Å². The second-order valence-corrected chi connectivity index (χ2v) is 11.9. The smallest absolute Gasteiger partial charge is 0.330 e. The summed E-state index contributed by atoms with van der Waals surface area (Å²) in [5, 5.41) is 0. The van der Waals surface area contributed by atoms with Gasteiger partial charge < -0.3 is 13.9 Å². The molecule has 2 saturated carbocycles. The first-order valence-corrected chi connectivity index (χ1v) is 12.3. The lowest BCUT2D eigenvalue weighted by Gasteiger charge is -2.65. The largest absolute Gasteiger partial charge is 0.472 e. The van der Waals surface area contributed by atoms with Crippen LogP contribution in [0.4, 0.5) is 0 Å². The molecule has 0 spiro atoms. The van der Waals surface area contributed by atoms with E-state index in [1.54, 1.807) is 12.3 Å². The van der Waals surface area contributed by atoms with Gasteiger partial charge in [0.25, 0.3) is 0 Å². The van der Waals surface area contributed by atoms with Crippen LogP contribution < -0.4 is 0 Å². The van der Waals surface area contributed by atoms with Gasteiger partial charge >= 0.3 is 11.9 Å². The number of carbonyl (C=O) groups is 2. The zero-order valence-electron chi connectivity index (χ0n) is 20.6. The molecule has 5 rings (SSSR count). The molecule has 2 fully saturated rings. The van der Waals surface area contributed by atoms with Crippen molar-refractivity contribution < 1.29 is 23.5 Å². The standard InChI is InChI=1S/C28H36O5/c1-17(29)32-23-15-22-25(2,3)33-24(30)10-13-27(22,5)21-9-12-26(4)19(18-11-14-31-16-18)7-8-20(26)28(21,23)6/h8,10-11,13-14,16,19,21-23H,7,9,12,15H2,1-6H3/t19-,21+,22+,23+,26-,27+,28-/m0/s1. The van der Waals surface area contributed by atoms with Crippen molar-refractivity contribution in [3.8, 4) is 0 Å². The van der Waals surface area contributed by atoms with Crippen LogP contribution in [0, 0.1) is 28.1 Å². The molecule has 178 valence electrons. The minimum atomic E-state index is -0.654. The van der Waals surface area contributed by atoms with Gasteiger partial charge in [0.2, 0.25) is 0 Å². The Morgan fingerprint density at radius 2 is 1.91 bits per heavy atom. The molecule has 4 aliphatic rings. The van der Waals surface area contributed by atoms with Gasteiger partial charge in [0.05, 0.1) is 12.5 Å². The van der Waals surface area contributed by atoms with Crippen LogP contribution in [0.25, 0.3) is 0 Å². The number of carbonyl (C=O) groups excluding carboxylic acids is 2. The highest BCUT2D eigenvalue weighted by atomic mass is 16.6. The van der Waals surface area contributed by atoms with E-state index >= 15 is 0 Å². The number of esters is 2. The highest BCUT2D eigenvalue weighted by molar-refractivity contribution is 5.83. The molecule has 1 aliphatic heterocycles. The Morgan fingerprint density at radius 3 is 2.58 bits per heavy atom. The molecule has 1 aromatic rings. The third kappa shape index (κ3) is 3.03. The van der Waals surface area contributed by atoms with E-state index < -0.39 is 5.60 Å². The number of rotatable bonds is 2. The maximum Gasteiger partial charge on any atom is 0.330 e. The Kier molecular flexibility index (Phi) is 4.84. The number of fused-ring (bicyclic) bond motifs is 5. The van der Waals surface area contributed by atoms with Gasteiger partial charge in [-0.05, 0) is 73.8 Å². The summed E-state index contributed by atoms with van der Waals surface area (Å²) in [6, 6.07) is 2.09. The van der Waals surface area contributed by atoms with Crippen molar-refractivity contribution in [3.63, 3.8) is 0 Å². The molecular weight excluding hydrogens is 416 g/mol. The van der Waals surface area contributed by atoms with Crippen molar-refractivity contribution in [1.82, 2.24) is 0 Å². The Balaban J connectivity index is 1.65. The maximum absolute atomic E-state index is 12.5. The number of cyclic esters (lactones) is 1. The van der Waals surface area contributed by atoms with Gasteiger partial charge in [-0.2, -0.15) is 0 Å². The fourth-order valence-electron chi connectivity index (χ4n) is 8.53. The molecule has 0 bridgehead atoms. The van der Waals surface area contributed by atoms with E-state index in [2.05, 4.69) is 39.0 Å². The van der Waals surface area contributed by atoms with Crippen LogP contribution in [0.2, 0.25) is 0 Å². The molecule has 0 unspecified atom stereocenters. The van der Waals surface area contributed by atoms with E-state index in [0.717, 1.165) is 19.3 Å². The first-order valence-electron chi connectivity index (χ1n) is 12.3. The van der Waals surface area contributed by atoms with Crippen LogP contribution in [-0.4, -0.2) is 23.6 Å². The van der Waals surface area contributed by atoms with Gasteiger partial charge in [0, 0.05) is 24.3 Å². The molecule has 5 heteroatoms. The normalized spacial score (nSPS) is 43.5. The minimum absolute atomic E-state index is 0.0208. The summed E-state index contributed by atoms with van der Waals surface area (Å²) in [5.41, 5.74) is 1.40. The van der Waals surface area contributed by atoms with Crippen molar-refractivity contribution >= 4 is 11.9 Å². The lowest BCUT2D eigenvalue weighted by molar-refractivity contribution is -0.200. The molecule has 0 N–H and O–H groups in total. The number of hydrogen-bond donors (Lipinski definition) is 0. The number of allylic oxidation sites excluding steroid dienone is 2. The second-order valence-electron chi connectivity index (χ2n) is 11.9. The van der Waals surface area contributed by atoms with Gasteiger partial charge in [-0.1, -0.05) is 38.5 Å². The molecule has 5 nitrogen and oxygen atoms in total. The summed E-state index contributed by atoms with van der Waals surface area (Å²) in [4.78, 5) is 24.8. The molecular formula is C28H36O5. The highest BCUT2D eigenvalue weighted by Crippen LogP contribution is 2.72. The van der Waals surface area contributed by atoms with E-state index in [-0.39, 0.29) is 46.1 Å². The van der Waals surface area contributed by atoms with E-state index in [9.17, 15) is 9.59 Å². The summed E-state index contributed by atoms with van der Waals surface area (Å²) in [5.74, 6) is 0.0900. The molecule has 1 aromatic heterocycles. The first kappa shape index (κ1) is 22.5. The lowest BCUT2D eigenvalue weighted by Crippen LogP contribution is -2.63. The van der Waals surface area contributed by atoms with Crippen LogP contribution in [-0.2, 0) is 19.1 Å². The van der Waals surface area contributed by atoms with Crippen LogP contribution in [0.5, 0.6) is 0 Å². The second kappa shape index (κ2) is 7.10. The highest BCUT2D eigenvalue weighted by Gasteiger charge is 2.68. The van der Waals surface area contributed by atoms with Crippen molar-refractivity contribution in [1.29, 1.82) is 0 Å². The summed E-state index contributed by atoms with van der Waals surface area (Å²) in [6.07, 6.45) is 13.2. The summed E-state index contributed by atoms with van der Waals surface area (Å²) < 4.78 is 17.5. The average molecular weight is 453 g/mol.